The maximum atomic E-state index is 12.8. The summed E-state index contributed by atoms with van der Waals surface area (Å²) in [5, 5.41) is 4.34. The lowest BCUT2D eigenvalue weighted by Gasteiger charge is -2.04. The smallest absolute Gasteiger partial charge is 0.308 e. The molecule has 146 valence electrons. The first-order valence-corrected chi connectivity index (χ1v) is 10.0. The molecule has 4 rings (SSSR count). The average Bonchev–Trinajstić information content (AvgIpc) is 3.22. The summed E-state index contributed by atoms with van der Waals surface area (Å²) in [6.07, 6.45) is 1.85. The van der Waals surface area contributed by atoms with Crippen molar-refractivity contribution in [2.75, 3.05) is 0 Å². The number of ether oxygens (including phenoxy) is 1. The van der Waals surface area contributed by atoms with Gasteiger partial charge >= 0.3 is 5.97 Å². The van der Waals surface area contributed by atoms with Crippen molar-refractivity contribution in [1.29, 1.82) is 0 Å². The molecule has 0 radical (unpaired) electrons. The highest BCUT2D eigenvalue weighted by Crippen LogP contribution is 2.27. The molecule has 0 amide bonds. The molecule has 2 aromatic carbocycles. The van der Waals surface area contributed by atoms with Gasteiger partial charge in [-0.25, -0.2) is 0 Å². The molecular formula is C22H19N3O3S. The van der Waals surface area contributed by atoms with Crippen LogP contribution >= 0.6 is 11.3 Å². The summed E-state index contributed by atoms with van der Waals surface area (Å²) in [7, 11) is 0. The lowest BCUT2D eigenvalue weighted by molar-refractivity contribution is -0.131. The summed E-state index contributed by atoms with van der Waals surface area (Å²) in [6, 6.07) is 15.1. The Balaban J connectivity index is 1.74. The standard InChI is InChI=1S/C22H19N3O3S/c1-13(2)16-10-8-15(9-11-16)12-19-21(27)25-22(29-19)23-20(24-25)17-6-4-5-7-18(17)28-14(3)26/h4-13H,1-3H3/b19-12-. The van der Waals surface area contributed by atoms with E-state index in [1.165, 1.54) is 28.3 Å². The number of rotatable bonds is 4. The first-order chi connectivity index (χ1) is 13.9. The van der Waals surface area contributed by atoms with Crippen LogP contribution in [0.15, 0.2) is 53.3 Å². The molecule has 0 fully saturated rings. The maximum Gasteiger partial charge on any atom is 0.308 e. The van der Waals surface area contributed by atoms with E-state index < -0.39 is 5.97 Å². The van der Waals surface area contributed by atoms with Gasteiger partial charge in [0.1, 0.15) is 5.75 Å². The first kappa shape index (κ1) is 19.0. The molecule has 0 unspecified atom stereocenters. The Morgan fingerprint density at radius 2 is 1.86 bits per heavy atom. The van der Waals surface area contributed by atoms with E-state index in [0.29, 0.717) is 32.5 Å². The second-order valence-corrected chi connectivity index (χ2v) is 7.97. The highest BCUT2D eigenvalue weighted by atomic mass is 32.1. The number of aromatic nitrogens is 3. The van der Waals surface area contributed by atoms with Crippen molar-refractivity contribution in [3.63, 3.8) is 0 Å². The first-order valence-electron chi connectivity index (χ1n) is 9.21. The van der Waals surface area contributed by atoms with E-state index in [1.54, 1.807) is 24.3 Å². The Bertz CT molecular complexity index is 1300. The fourth-order valence-corrected chi connectivity index (χ4v) is 3.88. The highest BCUT2D eigenvalue weighted by molar-refractivity contribution is 7.15. The Hall–Kier alpha value is -3.32. The molecule has 0 aliphatic carbocycles. The zero-order valence-corrected chi connectivity index (χ0v) is 17.1. The van der Waals surface area contributed by atoms with E-state index in [1.807, 2.05) is 18.2 Å². The summed E-state index contributed by atoms with van der Waals surface area (Å²) in [4.78, 5) is 29.1. The molecule has 0 aliphatic rings. The number of para-hydroxylation sites is 1. The van der Waals surface area contributed by atoms with E-state index in [2.05, 4.69) is 36.1 Å². The van der Waals surface area contributed by atoms with Crippen molar-refractivity contribution >= 4 is 28.3 Å². The third kappa shape index (κ3) is 3.82. The van der Waals surface area contributed by atoms with E-state index >= 15 is 0 Å². The van der Waals surface area contributed by atoms with Crippen molar-refractivity contribution < 1.29 is 9.53 Å². The zero-order chi connectivity index (χ0) is 20.5. The van der Waals surface area contributed by atoms with Crippen LogP contribution in [-0.4, -0.2) is 20.6 Å². The van der Waals surface area contributed by atoms with Gasteiger partial charge in [0.05, 0.1) is 10.1 Å². The summed E-state index contributed by atoms with van der Waals surface area (Å²) in [5.41, 5.74) is 2.55. The number of thiazole rings is 1. The number of fused-ring (bicyclic) bond motifs is 1. The number of nitrogens with zero attached hydrogens (tertiary/aromatic N) is 3. The zero-order valence-electron chi connectivity index (χ0n) is 16.2. The lowest BCUT2D eigenvalue weighted by Crippen LogP contribution is -2.23. The van der Waals surface area contributed by atoms with Gasteiger partial charge in [0.15, 0.2) is 5.82 Å². The van der Waals surface area contributed by atoms with Crippen LogP contribution in [0.25, 0.3) is 22.4 Å². The molecule has 7 heteroatoms. The van der Waals surface area contributed by atoms with Gasteiger partial charge in [0, 0.05) is 6.92 Å². The quantitative estimate of drug-likeness (QED) is 0.384. The van der Waals surface area contributed by atoms with Crippen LogP contribution in [0.4, 0.5) is 0 Å². The minimum atomic E-state index is -0.427. The SMILES string of the molecule is CC(=O)Oc1ccccc1-c1nc2s/c(=C\c3ccc(C(C)C)cc3)c(=O)n2n1. The van der Waals surface area contributed by atoms with Gasteiger partial charge in [-0.2, -0.15) is 9.50 Å². The Kier molecular flexibility index (Phi) is 4.98. The van der Waals surface area contributed by atoms with Crippen LogP contribution in [0.2, 0.25) is 0 Å². The van der Waals surface area contributed by atoms with Crippen molar-refractivity contribution in [2.24, 2.45) is 0 Å². The fourth-order valence-electron chi connectivity index (χ4n) is 2.97. The number of carbonyl (C=O) groups excluding carboxylic acids is 1. The summed E-state index contributed by atoms with van der Waals surface area (Å²) in [5.74, 6) is 0.741. The number of benzene rings is 2. The van der Waals surface area contributed by atoms with Crippen LogP contribution < -0.4 is 14.8 Å². The van der Waals surface area contributed by atoms with E-state index in [0.717, 1.165) is 5.56 Å². The number of hydrogen-bond donors (Lipinski definition) is 0. The minimum absolute atomic E-state index is 0.221. The van der Waals surface area contributed by atoms with E-state index in [4.69, 9.17) is 4.74 Å². The molecule has 0 bridgehead atoms. The minimum Gasteiger partial charge on any atom is -0.426 e. The Morgan fingerprint density at radius 1 is 1.14 bits per heavy atom. The summed E-state index contributed by atoms with van der Waals surface area (Å²) >= 11 is 1.28. The van der Waals surface area contributed by atoms with E-state index in [9.17, 15) is 9.59 Å². The van der Waals surface area contributed by atoms with Crippen molar-refractivity contribution in [1.82, 2.24) is 14.6 Å². The topological polar surface area (TPSA) is 73.6 Å². The predicted molar refractivity (Wildman–Crippen MR) is 113 cm³/mol. The molecular weight excluding hydrogens is 386 g/mol. The molecule has 4 aromatic rings. The largest absolute Gasteiger partial charge is 0.426 e. The normalized spacial score (nSPS) is 12.1. The molecule has 0 N–H and O–H groups in total. The third-order valence-corrected chi connectivity index (χ3v) is 5.42. The molecule has 0 atom stereocenters. The molecule has 6 nitrogen and oxygen atoms in total. The Morgan fingerprint density at radius 3 is 2.52 bits per heavy atom. The highest BCUT2D eigenvalue weighted by Gasteiger charge is 2.16. The molecule has 29 heavy (non-hydrogen) atoms. The predicted octanol–water partition coefficient (Wildman–Crippen LogP) is 3.41. The number of esters is 1. The van der Waals surface area contributed by atoms with E-state index in [-0.39, 0.29) is 5.56 Å². The molecule has 2 heterocycles. The van der Waals surface area contributed by atoms with Gasteiger partial charge in [0.2, 0.25) is 4.96 Å². The number of hydrogen-bond acceptors (Lipinski definition) is 6. The summed E-state index contributed by atoms with van der Waals surface area (Å²) in [6.45, 7) is 5.62. The van der Waals surface area contributed by atoms with Gasteiger partial charge in [-0.15, -0.1) is 5.10 Å². The van der Waals surface area contributed by atoms with Gasteiger partial charge in [-0.1, -0.05) is 61.6 Å². The third-order valence-electron chi connectivity index (χ3n) is 4.46. The van der Waals surface area contributed by atoms with Crippen LogP contribution in [0.3, 0.4) is 0 Å². The molecule has 2 aromatic heterocycles. The maximum absolute atomic E-state index is 12.8. The van der Waals surface area contributed by atoms with Gasteiger partial charge < -0.3 is 4.74 Å². The molecule has 0 saturated heterocycles. The lowest BCUT2D eigenvalue weighted by atomic mass is 10.0. The van der Waals surface area contributed by atoms with Crippen LogP contribution in [-0.2, 0) is 4.79 Å². The molecule has 0 spiro atoms. The molecule has 0 saturated carbocycles. The molecule has 0 aliphatic heterocycles. The van der Waals surface area contributed by atoms with Crippen molar-refractivity contribution in [3.8, 4) is 17.1 Å². The van der Waals surface area contributed by atoms with Gasteiger partial charge in [-0.05, 0) is 35.3 Å². The monoisotopic (exact) mass is 405 g/mol. The van der Waals surface area contributed by atoms with Crippen molar-refractivity contribution in [2.45, 2.75) is 26.7 Å². The van der Waals surface area contributed by atoms with Crippen LogP contribution in [0.1, 0.15) is 37.8 Å². The number of carbonyl (C=O) groups is 1. The van der Waals surface area contributed by atoms with Gasteiger partial charge in [0.25, 0.3) is 5.56 Å². The van der Waals surface area contributed by atoms with Crippen molar-refractivity contribution in [3.05, 3.63) is 74.5 Å². The van der Waals surface area contributed by atoms with Gasteiger partial charge in [-0.3, -0.25) is 9.59 Å². The second-order valence-electron chi connectivity index (χ2n) is 6.96. The fraction of sp³-hybridized carbons (Fsp3) is 0.182. The summed E-state index contributed by atoms with van der Waals surface area (Å²) < 4.78 is 7.08. The van der Waals surface area contributed by atoms with Crippen LogP contribution in [0, 0.1) is 0 Å². The average molecular weight is 405 g/mol. The van der Waals surface area contributed by atoms with Crippen LogP contribution in [0.5, 0.6) is 5.75 Å². The Labute approximate surface area is 171 Å². The second kappa shape index (κ2) is 7.60.